The Hall–Kier alpha value is -1.67. The van der Waals surface area contributed by atoms with Crippen molar-refractivity contribution in [1.82, 2.24) is 10.3 Å². The zero-order valence-corrected chi connectivity index (χ0v) is 10.0. The highest BCUT2D eigenvalue weighted by Gasteiger charge is 2.16. The van der Waals surface area contributed by atoms with Gasteiger partial charge in [0.25, 0.3) is 0 Å². The summed E-state index contributed by atoms with van der Waals surface area (Å²) in [6, 6.07) is 10.5. The normalized spacial score (nSPS) is 14.4. The summed E-state index contributed by atoms with van der Waals surface area (Å²) in [7, 11) is 0. The summed E-state index contributed by atoms with van der Waals surface area (Å²) in [6.45, 7) is 4.24. The Morgan fingerprint density at radius 3 is 2.88 bits per heavy atom. The first-order valence-corrected chi connectivity index (χ1v) is 6.10. The van der Waals surface area contributed by atoms with Crippen LogP contribution in [0.5, 0.6) is 0 Å². The molecule has 17 heavy (non-hydrogen) atoms. The van der Waals surface area contributed by atoms with Crippen LogP contribution in [-0.4, -0.2) is 11.5 Å². The van der Waals surface area contributed by atoms with Crippen molar-refractivity contribution >= 4 is 0 Å². The number of rotatable bonds is 1. The van der Waals surface area contributed by atoms with Gasteiger partial charge in [-0.05, 0) is 48.7 Å². The number of aryl methyl sites for hydroxylation is 1. The molecule has 0 radical (unpaired) electrons. The molecule has 0 spiro atoms. The highest BCUT2D eigenvalue weighted by molar-refractivity contribution is 5.66. The average Bonchev–Trinajstić information content (AvgIpc) is 2.41. The Bertz CT molecular complexity index is 532. The first-order chi connectivity index (χ1) is 8.36. The van der Waals surface area contributed by atoms with Gasteiger partial charge >= 0.3 is 0 Å². The van der Waals surface area contributed by atoms with Crippen LogP contribution in [0.3, 0.4) is 0 Å². The third-order valence-electron chi connectivity index (χ3n) is 3.46. The van der Waals surface area contributed by atoms with Gasteiger partial charge in [-0.1, -0.05) is 18.2 Å². The molecule has 1 aliphatic rings. The van der Waals surface area contributed by atoms with Crippen LogP contribution in [-0.2, 0) is 13.0 Å². The Labute approximate surface area is 102 Å². The fourth-order valence-corrected chi connectivity index (χ4v) is 2.55. The Balaban J connectivity index is 2.18. The summed E-state index contributed by atoms with van der Waals surface area (Å²) in [5.74, 6) is 0. The minimum absolute atomic E-state index is 0.961. The van der Waals surface area contributed by atoms with Crippen molar-refractivity contribution in [3.63, 3.8) is 0 Å². The molecule has 0 fully saturated rings. The van der Waals surface area contributed by atoms with E-state index in [0.29, 0.717) is 0 Å². The lowest BCUT2D eigenvalue weighted by Gasteiger charge is -2.22. The Morgan fingerprint density at radius 2 is 2.06 bits per heavy atom. The second-order valence-corrected chi connectivity index (χ2v) is 4.53. The molecular formula is C15H16N2. The van der Waals surface area contributed by atoms with Gasteiger partial charge in [-0.15, -0.1) is 0 Å². The Kier molecular flexibility index (Phi) is 2.65. The molecule has 0 amide bonds. The number of nitrogens with one attached hydrogen (secondary N) is 1. The Morgan fingerprint density at radius 1 is 1.12 bits per heavy atom. The van der Waals surface area contributed by atoms with E-state index in [9.17, 15) is 0 Å². The fraction of sp³-hybridized carbons (Fsp3) is 0.267. The van der Waals surface area contributed by atoms with Crippen molar-refractivity contribution < 1.29 is 0 Å². The largest absolute Gasteiger partial charge is 0.312 e. The van der Waals surface area contributed by atoms with E-state index in [1.54, 1.807) is 0 Å². The van der Waals surface area contributed by atoms with Crippen molar-refractivity contribution in [2.45, 2.75) is 19.9 Å². The third kappa shape index (κ3) is 1.85. The van der Waals surface area contributed by atoms with E-state index < -0.39 is 0 Å². The van der Waals surface area contributed by atoms with E-state index in [0.717, 1.165) is 25.2 Å². The molecule has 0 bridgehead atoms. The molecule has 1 N–H and O–H groups in total. The predicted molar refractivity (Wildman–Crippen MR) is 69.8 cm³/mol. The van der Waals surface area contributed by atoms with Crippen LogP contribution in [0.4, 0.5) is 0 Å². The summed E-state index contributed by atoms with van der Waals surface area (Å²) in [4.78, 5) is 4.46. The fourth-order valence-electron chi connectivity index (χ4n) is 2.55. The molecule has 3 rings (SSSR count). The van der Waals surface area contributed by atoms with Gasteiger partial charge in [0.05, 0.1) is 5.69 Å². The minimum atomic E-state index is 0.961. The van der Waals surface area contributed by atoms with Crippen molar-refractivity contribution in [3.8, 4) is 11.3 Å². The van der Waals surface area contributed by atoms with Crippen molar-refractivity contribution in [2.75, 3.05) is 6.54 Å². The second kappa shape index (κ2) is 4.30. The van der Waals surface area contributed by atoms with Gasteiger partial charge in [-0.25, -0.2) is 0 Å². The lowest BCUT2D eigenvalue weighted by atomic mass is 9.90. The number of hydrogen-bond acceptors (Lipinski definition) is 2. The molecular weight excluding hydrogens is 208 g/mol. The van der Waals surface area contributed by atoms with Gasteiger partial charge in [0.1, 0.15) is 0 Å². The van der Waals surface area contributed by atoms with Crippen molar-refractivity contribution in [1.29, 1.82) is 0 Å². The summed E-state index contributed by atoms with van der Waals surface area (Å²) < 4.78 is 0. The van der Waals surface area contributed by atoms with E-state index in [4.69, 9.17) is 0 Å². The molecule has 0 atom stereocenters. The standard InChI is InChI=1S/C15H16N2/c1-11-5-6-13(15-4-2-3-8-17-15)14-10-16-9-7-12(11)14/h2-6,8,16H,7,9-10H2,1H3. The number of nitrogens with zero attached hydrogens (tertiary/aromatic N) is 1. The van der Waals surface area contributed by atoms with E-state index in [1.165, 1.54) is 22.3 Å². The molecule has 2 aromatic rings. The maximum absolute atomic E-state index is 4.46. The molecule has 1 aliphatic heterocycles. The summed E-state index contributed by atoms with van der Waals surface area (Å²) >= 11 is 0. The zero-order chi connectivity index (χ0) is 11.7. The van der Waals surface area contributed by atoms with Crippen LogP contribution in [0.15, 0.2) is 36.5 Å². The van der Waals surface area contributed by atoms with Crippen molar-refractivity contribution in [2.24, 2.45) is 0 Å². The molecule has 2 nitrogen and oxygen atoms in total. The van der Waals surface area contributed by atoms with Crippen LogP contribution < -0.4 is 5.32 Å². The second-order valence-electron chi connectivity index (χ2n) is 4.53. The van der Waals surface area contributed by atoms with Crippen LogP contribution in [0, 0.1) is 6.92 Å². The molecule has 86 valence electrons. The number of fused-ring (bicyclic) bond motifs is 1. The molecule has 1 aromatic carbocycles. The highest BCUT2D eigenvalue weighted by atomic mass is 14.9. The number of benzene rings is 1. The maximum atomic E-state index is 4.46. The molecule has 0 aliphatic carbocycles. The first kappa shape index (κ1) is 10.5. The van der Waals surface area contributed by atoms with E-state index >= 15 is 0 Å². The third-order valence-corrected chi connectivity index (χ3v) is 3.46. The summed E-state index contributed by atoms with van der Waals surface area (Å²) in [6.07, 6.45) is 2.99. The van der Waals surface area contributed by atoms with Crippen LogP contribution >= 0.6 is 0 Å². The number of hydrogen-bond donors (Lipinski definition) is 1. The first-order valence-electron chi connectivity index (χ1n) is 6.10. The lowest BCUT2D eigenvalue weighted by Crippen LogP contribution is -2.25. The molecule has 2 heteroatoms. The molecule has 0 unspecified atom stereocenters. The van der Waals surface area contributed by atoms with E-state index in [1.807, 2.05) is 18.3 Å². The topological polar surface area (TPSA) is 24.9 Å². The quantitative estimate of drug-likeness (QED) is 0.805. The lowest BCUT2D eigenvalue weighted by molar-refractivity contribution is 0.642. The van der Waals surface area contributed by atoms with Gasteiger partial charge in [0.15, 0.2) is 0 Å². The SMILES string of the molecule is Cc1ccc(-c2ccccn2)c2c1CCNC2. The molecule has 0 saturated heterocycles. The average molecular weight is 224 g/mol. The number of aromatic nitrogens is 1. The molecule has 2 heterocycles. The predicted octanol–water partition coefficient (Wildman–Crippen LogP) is 2.70. The van der Waals surface area contributed by atoms with Gasteiger partial charge < -0.3 is 5.32 Å². The smallest absolute Gasteiger partial charge is 0.0705 e. The molecule has 0 saturated carbocycles. The number of pyridine rings is 1. The van der Waals surface area contributed by atoms with E-state index in [-0.39, 0.29) is 0 Å². The van der Waals surface area contributed by atoms with Crippen LogP contribution in [0.1, 0.15) is 16.7 Å². The van der Waals surface area contributed by atoms with E-state index in [2.05, 4.69) is 35.4 Å². The van der Waals surface area contributed by atoms with Gasteiger partial charge in [0, 0.05) is 18.3 Å². The maximum Gasteiger partial charge on any atom is 0.0705 e. The van der Waals surface area contributed by atoms with Crippen LogP contribution in [0.2, 0.25) is 0 Å². The minimum Gasteiger partial charge on any atom is -0.312 e. The monoisotopic (exact) mass is 224 g/mol. The van der Waals surface area contributed by atoms with Crippen molar-refractivity contribution in [3.05, 3.63) is 53.2 Å². The molecule has 1 aromatic heterocycles. The van der Waals surface area contributed by atoms with Gasteiger partial charge in [0.2, 0.25) is 0 Å². The van der Waals surface area contributed by atoms with Crippen LogP contribution in [0.25, 0.3) is 11.3 Å². The highest BCUT2D eigenvalue weighted by Crippen LogP contribution is 2.28. The van der Waals surface area contributed by atoms with Gasteiger partial charge in [-0.3, -0.25) is 4.98 Å². The zero-order valence-electron chi connectivity index (χ0n) is 10.0. The summed E-state index contributed by atoms with van der Waals surface area (Å²) in [5.41, 5.74) is 6.69. The summed E-state index contributed by atoms with van der Waals surface area (Å²) in [5, 5.41) is 3.45. The van der Waals surface area contributed by atoms with Gasteiger partial charge in [-0.2, -0.15) is 0 Å².